The van der Waals surface area contributed by atoms with E-state index in [1.54, 1.807) is 23.5 Å². The second-order valence-electron chi connectivity index (χ2n) is 3.87. The normalized spacial score (nSPS) is 10.8. The molecule has 0 aliphatic heterocycles. The molecule has 0 spiro atoms. The van der Waals surface area contributed by atoms with Gasteiger partial charge in [-0.25, -0.2) is 4.39 Å². The number of benzene rings is 1. The Morgan fingerprint density at radius 2 is 2.00 bits per heavy atom. The van der Waals surface area contributed by atoms with Crippen molar-refractivity contribution in [1.29, 1.82) is 0 Å². The third-order valence-corrected chi connectivity index (χ3v) is 4.03. The Hall–Kier alpha value is -0.610. The first-order valence-electron chi connectivity index (χ1n) is 5.54. The molecule has 1 aromatic carbocycles. The van der Waals surface area contributed by atoms with E-state index in [1.807, 2.05) is 12.1 Å². The molecule has 0 aliphatic carbocycles. The third kappa shape index (κ3) is 3.95. The third-order valence-electron chi connectivity index (χ3n) is 2.51. The second kappa shape index (κ2) is 6.53. The average molecular weight is 304 g/mol. The Balaban J connectivity index is 1.78. The van der Waals surface area contributed by atoms with E-state index in [4.69, 9.17) is 23.2 Å². The average Bonchev–Trinajstić information content (AvgIpc) is 2.73. The molecule has 0 amide bonds. The largest absolute Gasteiger partial charge is 0.312 e. The van der Waals surface area contributed by atoms with Gasteiger partial charge in [-0.1, -0.05) is 29.3 Å². The minimum Gasteiger partial charge on any atom is -0.312 e. The van der Waals surface area contributed by atoms with Gasteiger partial charge in [0, 0.05) is 28.6 Å². The molecule has 96 valence electrons. The fraction of sp³-hybridized carbons (Fsp3) is 0.231. The van der Waals surface area contributed by atoms with Crippen molar-refractivity contribution in [2.45, 2.75) is 13.0 Å². The number of hydrogen-bond acceptors (Lipinski definition) is 2. The van der Waals surface area contributed by atoms with Crippen LogP contribution in [0, 0.1) is 5.82 Å². The summed E-state index contributed by atoms with van der Waals surface area (Å²) in [6.45, 7) is 1.29. The predicted molar refractivity (Wildman–Crippen MR) is 76.1 cm³/mol. The van der Waals surface area contributed by atoms with Crippen molar-refractivity contribution < 1.29 is 4.39 Å². The molecule has 2 rings (SSSR count). The van der Waals surface area contributed by atoms with Crippen LogP contribution in [0.2, 0.25) is 9.36 Å². The maximum absolute atomic E-state index is 13.5. The molecule has 0 saturated heterocycles. The number of rotatable bonds is 5. The Bertz CT molecular complexity index is 527. The molecule has 18 heavy (non-hydrogen) atoms. The van der Waals surface area contributed by atoms with E-state index in [9.17, 15) is 4.39 Å². The van der Waals surface area contributed by atoms with Crippen LogP contribution < -0.4 is 5.32 Å². The van der Waals surface area contributed by atoms with Crippen LogP contribution in [0.15, 0.2) is 30.3 Å². The van der Waals surface area contributed by atoms with E-state index < -0.39 is 0 Å². The fourth-order valence-corrected chi connectivity index (χ4v) is 2.83. The van der Waals surface area contributed by atoms with Gasteiger partial charge >= 0.3 is 0 Å². The Morgan fingerprint density at radius 1 is 1.17 bits per heavy atom. The Labute approximate surface area is 120 Å². The SMILES string of the molecule is Fc1cc(Cl)ccc1CNCCc1ccc(Cl)s1. The van der Waals surface area contributed by atoms with Crippen molar-refractivity contribution in [1.82, 2.24) is 5.32 Å². The van der Waals surface area contributed by atoms with Crippen molar-refractivity contribution in [2.24, 2.45) is 0 Å². The van der Waals surface area contributed by atoms with Gasteiger partial charge in [0.15, 0.2) is 0 Å². The van der Waals surface area contributed by atoms with E-state index in [0.717, 1.165) is 17.3 Å². The number of hydrogen-bond donors (Lipinski definition) is 1. The lowest BCUT2D eigenvalue weighted by Crippen LogP contribution is -2.17. The van der Waals surface area contributed by atoms with Gasteiger partial charge in [-0.3, -0.25) is 0 Å². The molecule has 0 fully saturated rings. The summed E-state index contributed by atoms with van der Waals surface area (Å²) in [5.41, 5.74) is 0.628. The molecule has 0 radical (unpaired) electrons. The fourth-order valence-electron chi connectivity index (χ4n) is 1.59. The van der Waals surface area contributed by atoms with Crippen LogP contribution in [-0.2, 0) is 13.0 Å². The standard InChI is InChI=1S/C13H12Cl2FNS/c14-10-2-1-9(12(16)7-10)8-17-6-5-11-3-4-13(15)18-11/h1-4,7,17H,5-6,8H2. The second-order valence-corrected chi connectivity index (χ2v) is 6.10. The van der Waals surface area contributed by atoms with Gasteiger partial charge in [-0.2, -0.15) is 0 Å². The Kier molecular flexibility index (Phi) is 5.01. The highest BCUT2D eigenvalue weighted by Gasteiger charge is 2.03. The van der Waals surface area contributed by atoms with Crippen molar-refractivity contribution in [3.05, 3.63) is 55.9 Å². The van der Waals surface area contributed by atoms with Crippen LogP contribution in [-0.4, -0.2) is 6.54 Å². The van der Waals surface area contributed by atoms with Gasteiger partial charge in [-0.15, -0.1) is 11.3 Å². The number of thiophene rings is 1. The quantitative estimate of drug-likeness (QED) is 0.800. The molecule has 5 heteroatoms. The maximum Gasteiger partial charge on any atom is 0.129 e. The molecular formula is C13H12Cl2FNS. The molecule has 1 heterocycles. The van der Waals surface area contributed by atoms with Crippen LogP contribution >= 0.6 is 34.5 Å². The highest BCUT2D eigenvalue weighted by atomic mass is 35.5. The molecule has 0 bridgehead atoms. The molecule has 0 aliphatic rings. The van der Waals surface area contributed by atoms with Gasteiger partial charge < -0.3 is 5.32 Å². The van der Waals surface area contributed by atoms with Crippen LogP contribution in [0.5, 0.6) is 0 Å². The number of halogens is 3. The van der Waals surface area contributed by atoms with Gasteiger partial charge in [-0.05, 0) is 30.7 Å². The lowest BCUT2D eigenvalue weighted by Gasteiger charge is -2.05. The van der Waals surface area contributed by atoms with Crippen molar-refractivity contribution in [2.75, 3.05) is 6.54 Å². The topological polar surface area (TPSA) is 12.0 Å². The molecule has 2 aromatic rings. The first-order valence-corrected chi connectivity index (χ1v) is 7.11. The minimum atomic E-state index is -0.269. The van der Waals surface area contributed by atoms with Gasteiger partial charge in [0.05, 0.1) is 4.34 Å². The van der Waals surface area contributed by atoms with E-state index in [-0.39, 0.29) is 5.82 Å². The predicted octanol–water partition coefficient (Wildman–Crippen LogP) is 4.53. The molecule has 0 saturated carbocycles. The molecule has 0 atom stereocenters. The summed E-state index contributed by atoms with van der Waals surface area (Å²) in [6, 6.07) is 8.63. The molecule has 0 unspecified atom stereocenters. The van der Waals surface area contributed by atoms with Gasteiger partial charge in [0.1, 0.15) is 5.82 Å². The summed E-state index contributed by atoms with van der Waals surface area (Å²) in [5, 5.41) is 3.62. The summed E-state index contributed by atoms with van der Waals surface area (Å²) in [5.74, 6) is -0.269. The minimum absolute atomic E-state index is 0.269. The summed E-state index contributed by atoms with van der Waals surface area (Å²) in [6.07, 6.45) is 0.895. The summed E-state index contributed by atoms with van der Waals surface area (Å²) in [4.78, 5) is 1.23. The smallest absolute Gasteiger partial charge is 0.129 e. The van der Waals surface area contributed by atoms with Crippen LogP contribution in [0.3, 0.4) is 0 Å². The molecule has 1 aromatic heterocycles. The highest BCUT2D eigenvalue weighted by Crippen LogP contribution is 2.21. The summed E-state index contributed by atoms with van der Waals surface area (Å²) < 4.78 is 14.3. The number of nitrogens with one attached hydrogen (secondary N) is 1. The first-order chi connectivity index (χ1) is 8.65. The zero-order chi connectivity index (χ0) is 13.0. The van der Waals surface area contributed by atoms with Crippen LogP contribution in [0.4, 0.5) is 4.39 Å². The molecule has 1 N–H and O–H groups in total. The summed E-state index contributed by atoms with van der Waals surface area (Å²) in [7, 11) is 0. The first kappa shape index (κ1) is 13.8. The summed E-state index contributed by atoms with van der Waals surface area (Å²) >= 11 is 13.1. The van der Waals surface area contributed by atoms with Gasteiger partial charge in [0.25, 0.3) is 0 Å². The van der Waals surface area contributed by atoms with E-state index >= 15 is 0 Å². The zero-order valence-corrected chi connectivity index (χ0v) is 11.9. The zero-order valence-electron chi connectivity index (χ0n) is 9.55. The van der Waals surface area contributed by atoms with Crippen molar-refractivity contribution in [3.8, 4) is 0 Å². The van der Waals surface area contributed by atoms with Crippen molar-refractivity contribution in [3.63, 3.8) is 0 Å². The monoisotopic (exact) mass is 303 g/mol. The maximum atomic E-state index is 13.5. The van der Waals surface area contributed by atoms with Crippen LogP contribution in [0.25, 0.3) is 0 Å². The van der Waals surface area contributed by atoms with E-state index in [2.05, 4.69) is 5.32 Å². The van der Waals surface area contributed by atoms with Crippen LogP contribution in [0.1, 0.15) is 10.4 Å². The van der Waals surface area contributed by atoms with E-state index in [1.165, 1.54) is 10.9 Å². The molecule has 1 nitrogen and oxygen atoms in total. The highest BCUT2D eigenvalue weighted by molar-refractivity contribution is 7.16. The molecular weight excluding hydrogens is 292 g/mol. The lowest BCUT2D eigenvalue weighted by molar-refractivity contribution is 0.589. The van der Waals surface area contributed by atoms with Gasteiger partial charge in [0.2, 0.25) is 0 Å². The lowest BCUT2D eigenvalue weighted by atomic mass is 10.2. The van der Waals surface area contributed by atoms with Crippen molar-refractivity contribution >= 4 is 34.5 Å². The van der Waals surface area contributed by atoms with E-state index in [0.29, 0.717) is 17.1 Å². The Morgan fingerprint density at radius 3 is 2.67 bits per heavy atom.